The van der Waals surface area contributed by atoms with Crippen molar-refractivity contribution in [3.05, 3.63) is 42.5 Å². The molecule has 2 amide bonds. The van der Waals surface area contributed by atoms with Gasteiger partial charge in [-0.3, -0.25) is 9.59 Å². The smallest absolute Gasteiger partial charge is 0.227 e. The number of nitrogens with zero attached hydrogens (tertiary/aromatic N) is 1. The molecule has 100 valence electrons. The Hall–Kier alpha value is -2.10. The average molecular weight is 258 g/mol. The van der Waals surface area contributed by atoms with Gasteiger partial charge < -0.3 is 10.2 Å². The third-order valence-corrected chi connectivity index (χ3v) is 3.32. The molecular formula is C15H18N2O2. The summed E-state index contributed by atoms with van der Waals surface area (Å²) in [5.41, 5.74) is 1.94. The lowest BCUT2D eigenvalue weighted by Crippen LogP contribution is -2.33. The summed E-state index contributed by atoms with van der Waals surface area (Å²) in [6, 6.07) is 7.72. The molecule has 1 aromatic carbocycles. The van der Waals surface area contributed by atoms with Crippen LogP contribution in [0.4, 0.5) is 5.69 Å². The monoisotopic (exact) mass is 258 g/mol. The standard InChI is InChI=1S/C15H18N2O2/c1-3-8-16-15(19)12-9-14(18)17(10-12)13-7-5-4-6-11(13)2/h3-7,12H,1,8-10H2,2H3,(H,16,19). The Morgan fingerprint density at radius 3 is 2.95 bits per heavy atom. The van der Waals surface area contributed by atoms with E-state index in [1.807, 2.05) is 31.2 Å². The van der Waals surface area contributed by atoms with Gasteiger partial charge in [0.25, 0.3) is 0 Å². The fourth-order valence-corrected chi connectivity index (χ4v) is 2.30. The Kier molecular flexibility index (Phi) is 4.00. The number of nitrogens with one attached hydrogen (secondary N) is 1. The van der Waals surface area contributed by atoms with Crippen molar-refractivity contribution in [3.8, 4) is 0 Å². The number of carbonyl (C=O) groups excluding carboxylic acids is 2. The number of anilines is 1. The van der Waals surface area contributed by atoms with E-state index in [1.165, 1.54) is 0 Å². The topological polar surface area (TPSA) is 49.4 Å². The second-order valence-corrected chi connectivity index (χ2v) is 4.73. The predicted octanol–water partition coefficient (Wildman–Crippen LogP) is 1.65. The Balaban J connectivity index is 2.10. The summed E-state index contributed by atoms with van der Waals surface area (Å²) in [6.45, 7) is 6.41. The summed E-state index contributed by atoms with van der Waals surface area (Å²) < 4.78 is 0. The summed E-state index contributed by atoms with van der Waals surface area (Å²) in [6.07, 6.45) is 1.91. The van der Waals surface area contributed by atoms with E-state index in [9.17, 15) is 9.59 Å². The molecular weight excluding hydrogens is 240 g/mol. The Bertz CT molecular complexity index is 511. The first-order valence-corrected chi connectivity index (χ1v) is 6.38. The highest BCUT2D eigenvalue weighted by Gasteiger charge is 2.35. The van der Waals surface area contributed by atoms with Crippen LogP contribution < -0.4 is 10.2 Å². The Morgan fingerprint density at radius 1 is 1.53 bits per heavy atom. The predicted molar refractivity (Wildman–Crippen MR) is 74.8 cm³/mol. The first kappa shape index (κ1) is 13.3. The maximum absolute atomic E-state index is 12.0. The van der Waals surface area contributed by atoms with Crippen LogP contribution in [0, 0.1) is 12.8 Å². The van der Waals surface area contributed by atoms with Crippen molar-refractivity contribution >= 4 is 17.5 Å². The van der Waals surface area contributed by atoms with E-state index in [-0.39, 0.29) is 24.2 Å². The van der Waals surface area contributed by atoms with E-state index in [4.69, 9.17) is 0 Å². The molecule has 1 aromatic rings. The molecule has 4 heteroatoms. The highest BCUT2D eigenvalue weighted by atomic mass is 16.2. The second kappa shape index (κ2) is 5.69. The van der Waals surface area contributed by atoms with Crippen molar-refractivity contribution in [2.45, 2.75) is 13.3 Å². The molecule has 1 heterocycles. The normalized spacial score (nSPS) is 18.5. The number of aryl methyl sites for hydroxylation is 1. The molecule has 2 rings (SSSR count). The zero-order valence-corrected chi connectivity index (χ0v) is 11.1. The molecule has 0 aliphatic carbocycles. The van der Waals surface area contributed by atoms with Crippen LogP contribution in [0.3, 0.4) is 0 Å². The van der Waals surface area contributed by atoms with E-state index in [1.54, 1.807) is 11.0 Å². The molecule has 1 aliphatic rings. The Labute approximate surface area is 113 Å². The third-order valence-electron chi connectivity index (χ3n) is 3.32. The molecule has 1 fully saturated rings. The van der Waals surface area contributed by atoms with Crippen LogP contribution in [-0.2, 0) is 9.59 Å². The molecule has 1 atom stereocenters. The van der Waals surface area contributed by atoms with Gasteiger partial charge in [0.2, 0.25) is 11.8 Å². The summed E-state index contributed by atoms with van der Waals surface area (Å²) in [5, 5.41) is 2.75. The number of hydrogen-bond acceptors (Lipinski definition) is 2. The first-order valence-electron chi connectivity index (χ1n) is 6.38. The van der Waals surface area contributed by atoms with Gasteiger partial charge in [0.05, 0.1) is 5.92 Å². The molecule has 0 spiro atoms. The zero-order chi connectivity index (χ0) is 13.8. The van der Waals surface area contributed by atoms with Crippen LogP contribution in [0.25, 0.3) is 0 Å². The van der Waals surface area contributed by atoms with Gasteiger partial charge >= 0.3 is 0 Å². The van der Waals surface area contributed by atoms with Crippen molar-refractivity contribution in [3.63, 3.8) is 0 Å². The minimum absolute atomic E-state index is 0.00746. The van der Waals surface area contributed by atoms with Crippen molar-refractivity contribution in [1.82, 2.24) is 5.32 Å². The van der Waals surface area contributed by atoms with E-state index < -0.39 is 0 Å². The van der Waals surface area contributed by atoms with E-state index in [0.29, 0.717) is 13.1 Å². The maximum Gasteiger partial charge on any atom is 0.227 e. The SMILES string of the molecule is C=CCNC(=O)C1CC(=O)N(c2ccccc2C)C1. The maximum atomic E-state index is 12.0. The molecule has 0 saturated carbocycles. The van der Waals surface area contributed by atoms with Gasteiger partial charge in [-0.1, -0.05) is 24.3 Å². The quantitative estimate of drug-likeness (QED) is 0.835. The Morgan fingerprint density at radius 2 is 2.26 bits per heavy atom. The number of para-hydroxylation sites is 1. The fourth-order valence-electron chi connectivity index (χ4n) is 2.30. The highest BCUT2D eigenvalue weighted by Crippen LogP contribution is 2.27. The lowest BCUT2D eigenvalue weighted by atomic mass is 10.1. The lowest BCUT2D eigenvalue weighted by molar-refractivity contribution is -0.126. The average Bonchev–Trinajstić information content (AvgIpc) is 2.78. The van der Waals surface area contributed by atoms with Gasteiger partial charge in [-0.25, -0.2) is 0 Å². The molecule has 1 unspecified atom stereocenters. The van der Waals surface area contributed by atoms with Gasteiger partial charge in [-0.2, -0.15) is 0 Å². The summed E-state index contributed by atoms with van der Waals surface area (Å²) >= 11 is 0. The van der Waals surface area contributed by atoms with Crippen LogP contribution >= 0.6 is 0 Å². The van der Waals surface area contributed by atoms with Gasteiger partial charge in [0.1, 0.15) is 0 Å². The number of amides is 2. The van der Waals surface area contributed by atoms with E-state index in [2.05, 4.69) is 11.9 Å². The highest BCUT2D eigenvalue weighted by molar-refractivity contribution is 6.00. The van der Waals surface area contributed by atoms with Crippen LogP contribution in [0.15, 0.2) is 36.9 Å². The number of benzene rings is 1. The minimum atomic E-state index is -0.271. The van der Waals surface area contributed by atoms with Crippen LogP contribution in [-0.4, -0.2) is 24.9 Å². The zero-order valence-electron chi connectivity index (χ0n) is 11.1. The molecule has 19 heavy (non-hydrogen) atoms. The van der Waals surface area contributed by atoms with Crippen molar-refractivity contribution < 1.29 is 9.59 Å². The first-order chi connectivity index (χ1) is 9.13. The van der Waals surface area contributed by atoms with Crippen molar-refractivity contribution in [2.24, 2.45) is 5.92 Å². The van der Waals surface area contributed by atoms with Gasteiger partial charge in [-0.15, -0.1) is 6.58 Å². The summed E-state index contributed by atoms with van der Waals surface area (Å²) in [7, 11) is 0. The van der Waals surface area contributed by atoms with Crippen LogP contribution in [0.2, 0.25) is 0 Å². The summed E-state index contributed by atoms with van der Waals surface area (Å²) in [4.78, 5) is 25.6. The largest absolute Gasteiger partial charge is 0.352 e. The molecule has 1 saturated heterocycles. The molecule has 0 bridgehead atoms. The van der Waals surface area contributed by atoms with Crippen molar-refractivity contribution in [2.75, 3.05) is 18.0 Å². The molecule has 4 nitrogen and oxygen atoms in total. The van der Waals surface area contributed by atoms with E-state index in [0.717, 1.165) is 11.3 Å². The van der Waals surface area contributed by atoms with Crippen LogP contribution in [0.5, 0.6) is 0 Å². The second-order valence-electron chi connectivity index (χ2n) is 4.73. The summed E-state index contributed by atoms with van der Waals surface area (Å²) in [5.74, 6) is -0.343. The lowest BCUT2D eigenvalue weighted by Gasteiger charge is -2.18. The number of carbonyl (C=O) groups is 2. The molecule has 0 aromatic heterocycles. The number of rotatable bonds is 4. The van der Waals surface area contributed by atoms with Gasteiger partial charge in [0, 0.05) is 25.2 Å². The van der Waals surface area contributed by atoms with E-state index >= 15 is 0 Å². The van der Waals surface area contributed by atoms with Crippen LogP contribution in [0.1, 0.15) is 12.0 Å². The van der Waals surface area contributed by atoms with Gasteiger partial charge in [0.15, 0.2) is 0 Å². The fraction of sp³-hybridized carbons (Fsp3) is 0.333. The number of hydrogen-bond donors (Lipinski definition) is 1. The third kappa shape index (κ3) is 2.84. The minimum Gasteiger partial charge on any atom is -0.352 e. The molecule has 1 N–H and O–H groups in total. The van der Waals surface area contributed by atoms with Crippen molar-refractivity contribution in [1.29, 1.82) is 0 Å². The van der Waals surface area contributed by atoms with Gasteiger partial charge in [-0.05, 0) is 18.6 Å². The molecule has 1 aliphatic heterocycles. The molecule has 0 radical (unpaired) electrons.